The van der Waals surface area contributed by atoms with Gasteiger partial charge in [-0.05, 0) is 55.3 Å². The Morgan fingerprint density at radius 3 is 2.38 bits per heavy atom. The number of hydrogen-bond acceptors (Lipinski definition) is 5. The summed E-state index contributed by atoms with van der Waals surface area (Å²) in [6.45, 7) is 4.66. The summed E-state index contributed by atoms with van der Waals surface area (Å²) in [6, 6.07) is 15.6. The predicted molar refractivity (Wildman–Crippen MR) is 117 cm³/mol. The van der Waals surface area contributed by atoms with Gasteiger partial charge in [0.05, 0.1) is 31.9 Å². The molecule has 1 N–H and O–H groups in total. The van der Waals surface area contributed by atoms with E-state index >= 15 is 0 Å². The zero-order valence-corrected chi connectivity index (χ0v) is 17.8. The predicted octanol–water partition coefficient (Wildman–Crippen LogP) is 5.03. The van der Waals surface area contributed by atoms with E-state index in [2.05, 4.69) is 17.2 Å². The molecular weight excluding hydrogens is 384 g/mol. The number of aromatic nitrogens is 1. The molecule has 1 unspecified atom stereocenters. The molecular formula is C23H26N2O3S. The van der Waals surface area contributed by atoms with Crippen molar-refractivity contribution >= 4 is 17.2 Å². The normalized spacial score (nSPS) is 11.7. The Bertz CT molecular complexity index is 920. The summed E-state index contributed by atoms with van der Waals surface area (Å²) < 4.78 is 10.7. The van der Waals surface area contributed by atoms with Crippen LogP contribution in [0.25, 0.3) is 10.6 Å². The smallest absolute Gasteiger partial charge is 0.226 e. The van der Waals surface area contributed by atoms with E-state index in [1.807, 2.05) is 60.8 Å². The molecule has 0 aliphatic heterocycles. The fraction of sp³-hybridized carbons (Fsp3) is 0.304. The van der Waals surface area contributed by atoms with Gasteiger partial charge in [-0.2, -0.15) is 0 Å². The van der Waals surface area contributed by atoms with E-state index in [4.69, 9.17) is 9.47 Å². The number of thiazole rings is 1. The average molecular weight is 411 g/mol. The van der Waals surface area contributed by atoms with Gasteiger partial charge < -0.3 is 14.8 Å². The van der Waals surface area contributed by atoms with Crippen LogP contribution < -0.4 is 14.8 Å². The average Bonchev–Trinajstić information content (AvgIpc) is 3.21. The first kappa shape index (κ1) is 20.9. The zero-order chi connectivity index (χ0) is 20.6. The van der Waals surface area contributed by atoms with E-state index in [0.29, 0.717) is 6.61 Å². The Hall–Kier alpha value is -2.86. The highest BCUT2D eigenvalue weighted by molar-refractivity contribution is 7.13. The van der Waals surface area contributed by atoms with Gasteiger partial charge in [0.1, 0.15) is 16.5 Å². The van der Waals surface area contributed by atoms with Crippen molar-refractivity contribution in [1.82, 2.24) is 10.3 Å². The third kappa shape index (κ3) is 5.57. The van der Waals surface area contributed by atoms with E-state index in [0.717, 1.165) is 39.7 Å². The van der Waals surface area contributed by atoms with Crippen molar-refractivity contribution in [2.75, 3.05) is 13.7 Å². The molecule has 3 rings (SSSR count). The Morgan fingerprint density at radius 2 is 1.76 bits per heavy atom. The van der Waals surface area contributed by atoms with Crippen LogP contribution in [0.4, 0.5) is 0 Å². The van der Waals surface area contributed by atoms with Gasteiger partial charge in [0.15, 0.2) is 0 Å². The second kappa shape index (κ2) is 10.1. The van der Waals surface area contributed by atoms with Gasteiger partial charge in [0.2, 0.25) is 5.91 Å². The maximum atomic E-state index is 12.6. The van der Waals surface area contributed by atoms with Crippen molar-refractivity contribution < 1.29 is 14.3 Å². The van der Waals surface area contributed by atoms with Crippen LogP contribution in [0.3, 0.4) is 0 Å². The second-order valence-corrected chi connectivity index (χ2v) is 7.44. The highest BCUT2D eigenvalue weighted by Crippen LogP contribution is 2.26. The molecule has 1 heterocycles. The molecule has 5 nitrogen and oxygen atoms in total. The lowest BCUT2D eigenvalue weighted by molar-refractivity contribution is -0.121. The maximum Gasteiger partial charge on any atom is 0.226 e. The van der Waals surface area contributed by atoms with E-state index in [1.54, 1.807) is 18.4 Å². The summed E-state index contributed by atoms with van der Waals surface area (Å²) in [5, 5.41) is 5.95. The summed E-state index contributed by atoms with van der Waals surface area (Å²) in [7, 11) is 1.64. The quantitative estimate of drug-likeness (QED) is 0.538. The molecule has 1 atom stereocenters. The van der Waals surface area contributed by atoms with Crippen LogP contribution in [0.5, 0.6) is 11.5 Å². The monoisotopic (exact) mass is 410 g/mol. The van der Waals surface area contributed by atoms with Crippen LogP contribution in [0.2, 0.25) is 0 Å². The largest absolute Gasteiger partial charge is 0.497 e. The number of carbonyl (C=O) groups excluding carboxylic acids is 1. The number of methoxy groups -OCH3 is 1. The van der Waals surface area contributed by atoms with E-state index < -0.39 is 0 Å². The molecule has 29 heavy (non-hydrogen) atoms. The van der Waals surface area contributed by atoms with Crippen molar-refractivity contribution in [3.8, 4) is 22.1 Å². The molecule has 2 aromatic carbocycles. The molecule has 0 fully saturated rings. The van der Waals surface area contributed by atoms with Gasteiger partial charge in [-0.15, -0.1) is 11.3 Å². The summed E-state index contributed by atoms with van der Waals surface area (Å²) >= 11 is 1.54. The molecule has 3 aromatic rings. The van der Waals surface area contributed by atoms with Crippen LogP contribution >= 0.6 is 11.3 Å². The Labute approximate surface area is 175 Å². The lowest BCUT2D eigenvalue weighted by atomic mass is 10.0. The summed E-state index contributed by atoms with van der Waals surface area (Å²) in [5.41, 5.74) is 2.87. The fourth-order valence-corrected chi connectivity index (χ4v) is 3.87. The molecule has 0 bridgehead atoms. The third-order valence-corrected chi connectivity index (χ3v) is 5.51. The van der Waals surface area contributed by atoms with E-state index in [-0.39, 0.29) is 18.4 Å². The minimum absolute atomic E-state index is 0.0300. The van der Waals surface area contributed by atoms with Crippen LogP contribution in [0.15, 0.2) is 53.9 Å². The van der Waals surface area contributed by atoms with E-state index in [9.17, 15) is 4.79 Å². The van der Waals surface area contributed by atoms with Crippen LogP contribution in [0, 0.1) is 0 Å². The van der Waals surface area contributed by atoms with Crippen molar-refractivity contribution in [1.29, 1.82) is 0 Å². The Morgan fingerprint density at radius 1 is 1.07 bits per heavy atom. The minimum Gasteiger partial charge on any atom is -0.497 e. The number of ether oxygens (including phenoxy) is 2. The Kier molecular flexibility index (Phi) is 7.25. The molecule has 0 saturated carbocycles. The van der Waals surface area contributed by atoms with Crippen LogP contribution in [0.1, 0.15) is 37.6 Å². The molecule has 6 heteroatoms. The van der Waals surface area contributed by atoms with Crippen LogP contribution in [-0.2, 0) is 11.2 Å². The molecule has 0 radical (unpaired) electrons. The lowest BCUT2D eigenvalue weighted by Gasteiger charge is -2.17. The number of carbonyl (C=O) groups is 1. The number of hydrogen-bond donors (Lipinski definition) is 1. The molecule has 0 aliphatic carbocycles. The summed E-state index contributed by atoms with van der Waals surface area (Å²) in [6.07, 6.45) is 1.08. The van der Waals surface area contributed by atoms with Gasteiger partial charge in [-0.25, -0.2) is 4.98 Å². The van der Waals surface area contributed by atoms with Gasteiger partial charge in [0.25, 0.3) is 0 Å². The summed E-state index contributed by atoms with van der Waals surface area (Å²) in [4.78, 5) is 17.2. The van der Waals surface area contributed by atoms with Crippen molar-refractivity contribution in [3.63, 3.8) is 0 Å². The highest BCUT2D eigenvalue weighted by Gasteiger charge is 2.15. The standard InChI is InChI=1S/C23H26N2O3S/c1-4-21(16-6-10-19(27-3)11-7-16)25-22(26)14-18-15-29-23(24-18)17-8-12-20(13-9-17)28-5-2/h6-13,15,21H,4-5,14H2,1-3H3,(H,25,26). The van der Waals surface area contributed by atoms with Gasteiger partial charge in [-0.3, -0.25) is 4.79 Å². The fourth-order valence-electron chi connectivity index (χ4n) is 3.05. The molecule has 0 aliphatic rings. The minimum atomic E-state index is -0.0313. The number of benzene rings is 2. The van der Waals surface area contributed by atoms with Crippen molar-refractivity contribution in [3.05, 3.63) is 65.2 Å². The first-order chi connectivity index (χ1) is 14.1. The first-order valence-electron chi connectivity index (χ1n) is 9.73. The van der Waals surface area contributed by atoms with Crippen molar-refractivity contribution in [2.45, 2.75) is 32.7 Å². The number of rotatable bonds is 9. The molecule has 1 aromatic heterocycles. The SMILES string of the molecule is CCOc1ccc(-c2nc(CC(=O)NC(CC)c3ccc(OC)cc3)cs2)cc1. The molecule has 0 spiro atoms. The highest BCUT2D eigenvalue weighted by atomic mass is 32.1. The lowest BCUT2D eigenvalue weighted by Crippen LogP contribution is -2.29. The second-order valence-electron chi connectivity index (χ2n) is 6.58. The number of amides is 1. The third-order valence-electron chi connectivity index (χ3n) is 4.57. The molecule has 152 valence electrons. The Balaban J connectivity index is 1.61. The summed E-state index contributed by atoms with van der Waals surface area (Å²) in [5.74, 6) is 1.62. The number of nitrogens with zero attached hydrogens (tertiary/aromatic N) is 1. The van der Waals surface area contributed by atoms with Crippen molar-refractivity contribution in [2.24, 2.45) is 0 Å². The van der Waals surface area contributed by atoms with Gasteiger partial charge >= 0.3 is 0 Å². The van der Waals surface area contributed by atoms with Gasteiger partial charge in [0, 0.05) is 10.9 Å². The topological polar surface area (TPSA) is 60.5 Å². The molecule has 0 saturated heterocycles. The van der Waals surface area contributed by atoms with E-state index in [1.165, 1.54) is 0 Å². The molecule has 1 amide bonds. The van der Waals surface area contributed by atoms with Crippen LogP contribution in [-0.4, -0.2) is 24.6 Å². The zero-order valence-electron chi connectivity index (χ0n) is 17.0. The van der Waals surface area contributed by atoms with Gasteiger partial charge in [-0.1, -0.05) is 19.1 Å². The maximum absolute atomic E-state index is 12.6. The first-order valence-corrected chi connectivity index (χ1v) is 10.6. The number of nitrogens with one attached hydrogen (secondary N) is 1.